The van der Waals surface area contributed by atoms with E-state index in [0.717, 1.165) is 0 Å². The van der Waals surface area contributed by atoms with Crippen molar-refractivity contribution in [3.63, 3.8) is 0 Å². The van der Waals surface area contributed by atoms with Crippen LogP contribution >= 0.6 is 11.3 Å². The fourth-order valence-electron chi connectivity index (χ4n) is 0.227. The van der Waals surface area contributed by atoms with Crippen LogP contribution in [0.4, 0.5) is 0 Å². The third-order valence-electron chi connectivity index (χ3n) is 0.425. The lowest BCUT2D eigenvalue weighted by Crippen LogP contribution is -1.75. The minimum absolute atomic E-state index is 1.71. The summed E-state index contributed by atoms with van der Waals surface area (Å²) in [6, 6.07) is 4.04. The quantitative estimate of drug-likeness (QED) is 0.585. The Labute approximate surface area is 59.5 Å². The Hall–Kier alpha value is -0.230. The van der Waals surface area contributed by atoms with Crippen molar-refractivity contribution >= 4 is 22.7 Å². The highest BCUT2D eigenvalue weighted by atomic mass is 32.2. The van der Waals surface area contributed by atoms with Crippen LogP contribution in [0.1, 0.15) is 0 Å². The minimum Gasteiger partial charge on any atom is -0.750 e. The molecule has 0 aliphatic rings. The second kappa shape index (κ2) is 5.90. The van der Waals surface area contributed by atoms with Gasteiger partial charge in [-0.25, -0.2) is 4.21 Å². The molecule has 1 heterocycles. The molecule has 0 aromatic carbocycles. The smallest absolute Gasteiger partial charge is 0.0814 e. The second-order valence-electron chi connectivity index (χ2n) is 1.01. The molecule has 0 saturated carbocycles. The van der Waals surface area contributed by atoms with E-state index < -0.39 is 11.4 Å². The Bertz CT molecular complexity index is 128. The lowest BCUT2D eigenvalue weighted by molar-refractivity contribution is 0.436. The molecular formula is C4H5O3S2-. The predicted octanol–water partition coefficient (Wildman–Crippen LogP) is 1.09. The zero-order valence-corrected chi connectivity index (χ0v) is 6.02. The monoisotopic (exact) mass is 165 g/mol. The fraction of sp³-hybridized carbons (Fsp3) is 0. The van der Waals surface area contributed by atoms with Gasteiger partial charge in [0.2, 0.25) is 0 Å². The van der Waals surface area contributed by atoms with Gasteiger partial charge in [0, 0.05) is 0 Å². The van der Waals surface area contributed by atoms with Crippen molar-refractivity contribution in [3.8, 4) is 0 Å². The lowest BCUT2D eigenvalue weighted by atomic mass is 10.7. The van der Waals surface area contributed by atoms with Crippen molar-refractivity contribution < 1.29 is 13.3 Å². The summed E-state index contributed by atoms with van der Waals surface area (Å²) < 4.78 is 24.1. The molecule has 1 rings (SSSR count). The molecule has 0 fully saturated rings. The highest BCUT2D eigenvalue weighted by Gasteiger charge is 1.58. The maximum atomic E-state index is 8.56. The van der Waals surface area contributed by atoms with Gasteiger partial charge < -0.3 is 9.11 Å². The van der Waals surface area contributed by atoms with E-state index >= 15 is 0 Å². The molecule has 1 aromatic heterocycles. The largest absolute Gasteiger partial charge is 0.750 e. The first kappa shape index (κ1) is 8.77. The van der Waals surface area contributed by atoms with Crippen molar-refractivity contribution in [1.29, 1.82) is 0 Å². The van der Waals surface area contributed by atoms with Gasteiger partial charge in [-0.1, -0.05) is 12.1 Å². The van der Waals surface area contributed by atoms with E-state index in [-0.39, 0.29) is 0 Å². The number of thiophene rings is 1. The van der Waals surface area contributed by atoms with Gasteiger partial charge in [-0.3, -0.25) is 0 Å². The Morgan fingerprint density at radius 1 is 1.44 bits per heavy atom. The van der Waals surface area contributed by atoms with Gasteiger partial charge in [-0.2, -0.15) is 11.3 Å². The summed E-state index contributed by atoms with van der Waals surface area (Å²) in [6.07, 6.45) is 0. The van der Waals surface area contributed by atoms with E-state index in [9.17, 15) is 0 Å². The zero-order valence-electron chi connectivity index (χ0n) is 4.39. The van der Waals surface area contributed by atoms with E-state index in [1.165, 1.54) is 0 Å². The predicted molar refractivity (Wildman–Crippen MR) is 35.9 cm³/mol. The number of hydrogen-bond donors (Lipinski definition) is 1. The van der Waals surface area contributed by atoms with E-state index in [1.54, 1.807) is 11.3 Å². The fourth-order valence-corrected chi connectivity index (χ4v) is 0.680. The highest BCUT2D eigenvalue weighted by Crippen LogP contribution is 1.91. The summed E-state index contributed by atoms with van der Waals surface area (Å²) in [4.78, 5) is 0. The summed E-state index contributed by atoms with van der Waals surface area (Å²) in [5.74, 6) is 0. The Morgan fingerprint density at radius 3 is 1.89 bits per heavy atom. The molecule has 0 bridgehead atoms. The van der Waals surface area contributed by atoms with Crippen molar-refractivity contribution in [2.75, 3.05) is 0 Å². The molecule has 1 unspecified atom stereocenters. The van der Waals surface area contributed by atoms with Crippen molar-refractivity contribution in [2.24, 2.45) is 0 Å². The van der Waals surface area contributed by atoms with Crippen LogP contribution < -0.4 is 0 Å². The molecule has 9 heavy (non-hydrogen) atoms. The number of hydrogen-bond acceptors (Lipinski definition) is 3. The molecule has 3 nitrogen and oxygen atoms in total. The molecule has 1 atom stereocenters. The third-order valence-corrected chi connectivity index (χ3v) is 1.05. The molecule has 0 spiro atoms. The van der Waals surface area contributed by atoms with Crippen LogP contribution in [0.3, 0.4) is 0 Å². The van der Waals surface area contributed by atoms with Crippen LogP contribution in [-0.4, -0.2) is 13.3 Å². The van der Waals surface area contributed by atoms with Gasteiger partial charge >= 0.3 is 0 Å². The Kier molecular flexibility index (Phi) is 5.75. The Balaban J connectivity index is 0.000000148. The molecule has 1 N–H and O–H groups in total. The van der Waals surface area contributed by atoms with Crippen LogP contribution in [0.25, 0.3) is 0 Å². The van der Waals surface area contributed by atoms with Crippen LogP contribution in [0, 0.1) is 0 Å². The van der Waals surface area contributed by atoms with Gasteiger partial charge in [0.1, 0.15) is 0 Å². The van der Waals surface area contributed by atoms with Gasteiger partial charge in [0.25, 0.3) is 0 Å². The molecule has 0 radical (unpaired) electrons. The minimum atomic E-state index is -2.86. The molecule has 0 saturated heterocycles. The molecule has 0 aliphatic heterocycles. The summed E-state index contributed by atoms with van der Waals surface area (Å²) in [7, 11) is 0. The molecule has 52 valence electrons. The molecule has 5 heteroatoms. The molecule has 1 aromatic rings. The lowest BCUT2D eigenvalue weighted by Gasteiger charge is -1.83. The average molecular weight is 165 g/mol. The zero-order chi connectivity index (χ0) is 7.11. The van der Waals surface area contributed by atoms with Crippen LogP contribution in [0.15, 0.2) is 22.9 Å². The Morgan fingerprint density at radius 2 is 1.78 bits per heavy atom. The summed E-state index contributed by atoms with van der Waals surface area (Å²) >= 11 is -1.15. The van der Waals surface area contributed by atoms with Crippen LogP contribution in [-0.2, 0) is 11.4 Å². The summed E-state index contributed by atoms with van der Waals surface area (Å²) in [6.45, 7) is 0. The van der Waals surface area contributed by atoms with Gasteiger partial charge in [0.15, 0.2) is 0 Å². The third kappa shape index (κ3) is 11.4. The number of rotatable bonds is 0. The topological polar surface area (TPSA) is 60.4 Å². The van der Waals surface area contributed by atoms with Crippen LogP contribution in [0.2, 0.25) is 0 Å². The first-order valence-electron chi connectivity index (χ1n) is 1.99. The van der Waals surface area contributed by atoms with E-state index in [2.05, 4.69) is 0 Å². The normalized spacial score (nSPS) is 11.3. The highest BCUT2D eigenvalue weighted by molar-refractivity contribution is 7.73. The SMILES string of the molecule is O=S([O-])O.c1ccsc1. The van der Waals surface area contributed by atoms with Crippen molar-refractivity contribution in [3.05, 3.63) is 22.9 Å². The van der Waals surface area contributed by atoms with Crippen molar-refractivity contribution in [1.82, 2.24) is 0 Å². The second-order valence-corrected chi connectivity index (χ2v) is 2.26. The summed E-state index contributed by atoms with van der Waals surface area (Å²) in [5.41, 5.74) is 0. The molecule has 0 amide bonds. The van der Waals surface area contributed by atoms with E-state index in [0.29, 0.717) is 0 Å². The molecule has 0 aliphatic carbocycles. The van der Waals surface area contributed by atoms with Gasteiger partial charge in [-0.05, 0) is 10.8 Å². The standard InChI is InChI=1S/C4H4S.H2O3S/c1-2-4-5-3-1;1-4(2)3/h1-4H;(H2,1,2,3)/p-1. The first-order valence-corrected chi connectivity index (χ1v) is 3.96. The van der Waals surface area contributed by atoms with E-state index in [4.69, 9.17) is 13.3 Å². The van der Waals surface area contributed by atoms with E-state index in [1.807, 2.05) is 22.9 Å². The maximum absolute atomic E-state index is 8.56. The molecular weight excluding hydrogens is 160 g/mol. The van der Waals surface area contributed by atoms with Gasteiger partial charge in [-0.15, -0.1) is 0 Å². The maximum Gasteiger partial charge on any atom is 0.0814 e. The van der Waals surface area contributed by atoms with Crippen LogP contribution in [0.5, 0.6) is 0 Å². The van der Waals surface area contributed by atoms with Gasteiger partial charge in [0.05, 0.1) is 11.4 Å². The average Bonchev–Trinajstić information content (AvgIpc) is 2.11. The first-order chi connectivity index (χ1) is 4.23. The van der Waals surface area contributed by atoms with Crippen molar-refractivity contribution in [2.45, 2.75) is 0 Å². The summed E-state index contributed by atoms with van der Waals surface area (Å²) in [5, 5.41) is 4.08.